The zero-order valence-corrected chi connectivity index (χ0v) is 8.19. The van der Waals surface area contributed by atoms with Gasteiger partial charge in [0, 0.05) is 12.1 Å². The third-order valence-electron chi connectivity index (χ3n) is 1.55. The van der Waals surface area contributed by atoms with E-state index < -0.39 is 5.82 Å². The number of hydrogen-bond donors (Lipinski definition) is 1. The van der Waals surface area contributed by atoms with Crippen molar-refractivity contribution >= 4 is 15.9 Å². The van der Waals surface area contributed by atoms with Gasteiger partial charge in [-0.1, -0.05) is 6.07 Å². The van der Waals surface area contributed by atoms with Crippen LogP contribution in [0.25, 0.3) is 0 Å². The molecular formula is C8H9BrFNO. The lowest BCUT2D eigenvalue weighted by Crippen LogP contribution is -2.01. The maximum Gasteiger partial charge on any atom is 0.170 e. The molecule has 0 radical (unpaired) electrons. The van der Waals surface area contributed by atoms with Crippen molar-refractivity contribution in [1.29, 1.82) is 0 Å². The van der Waals surface area contributed by atoms with Gasteiger partial charge in [-0.05, 0) is 22.0 Å². The predicted molar refractivity (Wildman–Crippen MR) is 48.5 cm³/mol. The second-order valence-electron chi connectivity index (χ2n) is 2.26. The van der Waals surface area contributed by atoms with Gasteiger partial charge in [0.25, 0.3) is 0 Å². The van der Waals surface area contributed by atoms with Crippen molar-refractivity contribution in [3.8, 4) is 5.75 Å². The van der Waals surface area contributed by atoms with E-state index >= 15 is 0 Å². The summed E-state index contributed by atoms with van der Waals surface area (Å²) in [6, 6.07) is 3.34. The summed E-state index contributed by atoms with van der Waals surface area (Å²) in [7, 11) is 1.42. The fraction of sp³-hybridized carbons (Fsp3) is 0.250. The lowest BCUT2D eigenvalue weighted by atomic mass is 10.2. The SMILES string of the molecule is COc1c(Br)ccc(CN)c1F. The van der Waals surface area contributed by atoms with E-state index in [0.717, 1.165) is 0 Å². The van der Waals surface area contributed by atoms with Gasteiger partial charge in [0.1, 0.15) is 0 Å². The molecule has 0 atom stereocenters. The van der Waals surface area contributed by atoms with Crippen LogP contribution < -0.4 is 10.5 Å². The summed E-state index contributed by atoms with van der Waals surface area (Å²) in [6.45, 7) is 0.176. The lowest BCUT2D eigenvalue weighted by Gasteiger charge is -2.07. The summed E-state index contributed by atoms with van der Waals surface area (Å²) < 4.78 is 18.7. The highest BCUT2D eigenvalue weighted by Gasteiger charge is 2.10. The van der Waals surface area contributed by atoms with Crippen LogP contribution in [0.1, 0.15) is 5.56 Å². The first-order valence-electron chi connectivity index (χ1n) is 3.41. The van der Waals surface area contributed by atoms with Crippen molar-refractivity contribution in [2.75, 3.05) is 7.11 Å². The summed E-state index contributed by atoms with van der Waals surface area (Å²) in [5.41, 5.74) is 5.77. The molecule has 0 saturated heterocycles. The van der Waals surface area contributed by atoms with Crippen molar-refractivity contribution in [3.05, 3.63) is 28.0 Å². The van der Waals surface area contributed by atoms with E-state index in [4.69, 9.17) is 10.5 Å². The minimum Gasteiger partial charge on any atom is -0.492 e. The molecule has 0 spiro atoms. The van der Waals surface area contributed by atoms with Crippen molar-refractivity contribution in [2.45, 2.75) is 6.54 Å². The number of rotatable bonds is 2. The van der Waals surface area contributed by atoms with Gasteiger partial charge in [-0.25, -0.2) is 4.39 Å². The van der Waals surface area contributed by atoms with E-state index in [2.05, 4.69) is 15.9 Å². The standard InChI is InChI=1S/C8H9BrFNO/c1-12-8-6(9)3-2-5(4-11)7(8)10/h2-3H,4,11H2,1H3. The van der Waals surface area contributed by atoms with E-state index in [9.17, 15) is 4.39 Å². The topological polar surface area (TPSA) is 35.2 Å². The van der Waals surface area contributed by atoms with E-state index in [1.54, 1.807) is 12.1 Å². The largest absolute Gasteiger partial charge is 0.492 e. The first kappa shape index (κ1) is 9.48. The Hall–Kier alpha value is -0.610. The molecule has 2 nitrogen and oxygen atoms in total. The van der Waals surface area contributed by atoms with Gasteiger partial charge >= 0.3 is 0 Å². The van der Waals surface area contributed by atoms with Gasteiger partial charge in [-0.2, -0.15) is 0 Å². The van der Waals surface area contributed by atoms with Gasteiger partial charge in [0.05, 0.1) is 11.6 Å². The number of nitrogens with two attached hydrogens (primary N) is 1. The lowest BCUT2D eigenvalue weighted by molar-refractivity contribution is 0.381. The van der Waals surface area contributed by atoms with Gasteiger partial charge in [0.15, 0.2) is 11.6 Å². The molecule has 2 N–H and O–H groups in total. The number of hydrogen-bond acceptors (Lipinski definition) is 2. The molecule has 0 aliphatic heterocycles. The van der Waals surface area contributed by atoms with Gasteiger partial charge in [-0.15, -0.1) is 0 Å². The molecule has 0 fully saturated rings. The Morgan fingerprint density at radius 3 is 2.75 bits per heavy atom. The van der Waals surface area contributed by atoms with Crippen LogP contribution in [0.4, 0.5) is 4.39 Å². The minimum absolute atomic E-state index is 0.176. The van der Waals surface area contributed by atoms with Crippen LogP contribution in [0, 0.1) is 5.82 Å². The van der Waals surface area contributed by atoms with E-state index in [1.807, 2.05) is 0 Å². The molecule has 1 aromatic carbocycles. The molecule has 0 heterocycles. The zero-order valence-electron chi connectivity index (χ0n) is 6.60. The van der Waals surface area contributed by atoms with Crippen LogP contribution >= 0.6 is 15.9 Å². The fourth-order valence-corrected chi connectivity index (χ4v) is 1.39. The average Bonchev–Trinajstić information content (AvgIpc) is 2.06. The van der Waals surface area contributed by atoms with E-state index in [0.29, 0.717) is 10.0 Å². The number of ether oxygens (including phenoxy) is 1. The molecule has 0 aliphatic carbocycles. The Labute approximate surface area is 78.6 Å². The highest BCUT2D eigenvalue weighted by molar-refractivity contribution is 9.10. The van der Waals surface area contributed by atoms with Crippen molar-refractivity contribution < 1.29 is 9.13 Å². The molecule has 0 bridgehead atoms. The molecule has 0 amide bonds. The van der Waals surface area contributed by atoms with Crippen LogP contribution in [-0.2, 0) is 6.54 Å². The molecule has 4 heteroatoms. The Kier molecular flexibility index (Phi) is 3.05. The van der Waals surface area contributed by atoms with Crippen LogP contribution in [0.3, 0.4) is 0 Å². The maximum absolute atomic E-state index is 13.3. The highest BCUT2D eigenvalue weighted by atomic mass is 79.9. The molecule has 1 rings (SSSR count). The van der Waals surface area contributed by atoms with Crippen molar-refractivity contribution in [3.63, 3.8) is 0 Å². The second-order valence-corrected chi connectivity index (χ2v) is 3.11. The number of halogens is 2. The van der Waals surface area contributed by atoms with Crippen molar-refractivity contribution in [2.24, 2.45) is 5.73 Å². The van der Waals surface area contributed by atoms with Crippen molar-refractivity contribution in [1.82, 2.24) is 0 Å². The molecule has 1 aromatic rings. The summed E-state index contributed by atoms with van der Waals surface area (Å²) in [6.07, 6.45) is 0. The Morgan fingerprint density at radius 1 is 1.58 bits per heavy atom. The Morgan fingerprint density at radius 2 is 2.25 bits per heavy atom. The number of methoxy groups -OCH3 is 1. The highest BCUT2D eigenvalue weighted by Crippen LogP contribution is 2.29. The van der Waals surface area contributed by atoms with E-state index in [1.165, 1.54) is 7.11 Å². The summed E-state index contributed by atoms with van der Waals surface area (Å²) >= 11 is 3.16. The summed E-state index contributed by atoms with van der Waals surface area (Å²) in [5.74, 6) is -0.188. The van der Waals surface area contributed by atoms with Gasteiger partial charge in [-0.3, -0.25) is 0 Å². The molecule has 0 unspecified atom stereocenters. The molecular weight excluding hydrogens is 225 g/mol. The molecule has 66 valence electrons. The Balaban J connectivity index is 3.24. The molecule has 12 heavy (non-hydrogen) atoms. The van der Waals surface area contributed by atoms with Crippen LogP contribution in [0.15, 0.2) is 16.6 Å². The third-order valence-corrected chi connectivity index (χ3v) is 2.18. The first-order chi connectivity index (χ1) is 5.70. The monoisotopic (exact) mass is 233 g/mol. The summed E-state index contributed by atoms with van der Waals surface area (Å²) in [4.78, 5) is 0. The van der Waals surface area contributed by atoms with Gasteiger partial charge in [0.2, 0.25) is 0 Å². The minimum atomic E-state index is -0.394. The average molecular weight is 234 g/mol. The number of benzene rings is 1. The third kappa shape index (κ3) is 1.59. The quantitative estimate of drug-likeness (QED) is 0.849. The second kappa shape index (κ2) is 3.87. The van der Waals surface area contributed by atoms with Crippen LogP contribution in [0.5, 0.6) is 5.75 Å². The predicted octanol–water partition coefficient (Wildman–Crippen LogP) is 2.06. The van der Waals surface area contributed by atoms with E-state index in [-0.39, 0.29) is 12.3 Å². The molecule has 0 aromatic heterocycles. The first-order valence-corrected chi connectivity index (χ1v) is 4.21. The zero-order chi connectivity index (χ0) is 9.14. The summed E-state index contributed by atoms with van der Waals surface area (Å²) in [5, 5.41) is 0. The normalized spacial score (nSPS) is 10.0. The smallest absolute Gasteiger partial charge is 0.170 e. The van der Waals surface area contributed by atoms with Crippen LogP contribution in [-0.4, -0.2) is 7.11 Å². The van der Waals surface area contributed by atoms with Gasteiger partial charge < -0.3 is 10.5 Å². The molecule has 0 saturated carbocycles. The Bertz CT molecular complexity index is 291. The maximum atomic E-state index is 13.3. The van der Waals surface area contributed by atoms with Crippen LogP contribution in [0.2, 0.25) is 0 Å². The fourth-order valence-electron chi connectivity index (χ4n) is 0.918. The molecule has 0 aliphatic rings.